The topological polar surface area (TPSA) is 114 Å². The molecule has 0 amide bonds. The molecule has 0 unspecified atom stereocenters. The SMILES string of the molecule is [C-]#[N+]c1ccc2ncc(=O)n(CC3OCCO3)c2c1.[C-]#[N+]c1ccc2ncc(=O)n(CC=O)c2c1. The van der Waals surface area contributed by atoms with Gasteiger partial charge in [-0.2, -0.15) is 0 Å². The van der Waals surface area contributed by atoms with E-state index in [9.17, 15) is 14.4 Å². The van der Waals surface area contributed by atoms with Crippen molar-refractivity contribution >= 4 is 39.7 Å². The van der Waals surface area contributed by atoms with Crippen LogP contribution in [0.1, 0.15) is 0 Å². The number of benzene rings is 2. The van der Waals surface area contributed by atoms with Crippen LogP contribution in [0, 0.1) is 13.1 Å². The number of hydrogen-bond acceptors (Lipinski definition) is 7. The molecule has 5 rings (SSSR count). The fourth-order valence-electron chi connectivity index (χ4n) is 3.55. The molecule has 1 aliphatic rings. The summed E-state index contributed by atoms with van der Waals surface area (Å²) in [6, 6.07) is 9.90. The minimum atomic E-state index is -0.417. The van der Waals surface area contributed by atoms with E-state index in [4.69, 9.17) is 22.6 Å². The standard InChI is InChI=1S/C13H11N3O3.C11H7N3O2/c1-14-9-2-3-10-11(6-9)16(12(17)7-15-10)8-13-18-4-5-19-13;1-12-8-2-3-9-10(6-8)14(4-5-15)11(16)7-13-9/h2-3,6-7,13H,4-5,8H2;2-3,5-7H,4H2. The van der Waals surface area contributed by atoms with Gasteiger partial charge in [0.2, 0.25) is 0 Å². The molecule has 4 aromatic rings. The first-order valence-corrected chi connectivity index (χ1v) is 10.4. The second-order valence-corrected chi connectivity index (χ2v) is 7.32. The van der Waals surface area contributed by atoms with E-state index in [-0.39, 0.29) is 17.7 Å². The van der Waals surface area contributed by atoms with Crippen LogP contribution in [0.2, 0.25) is 0 Å². The van der Waals surface area contributed by atoms with Gasteiger partial charge in [0.15, 0.2) is 17.7 Å². The first-order chi connectivity index (χ1) is 17.0. The monoisotopic (exact) mass is 470 g/mol. The molecule has 0 N–H and O–H groups in total. The molecule has 1 fully saturated rings. The second kappa shape index (κ2) is 10.5. The minimum absolute atomic E-state index is 0.0285. The van der Waals surface area contributed by atoms with E-state index in [1.54, 1.807) is 36.4 Å². The maximum atomic E-state index is 11.9. The van der Waals surface area contributed by atoms with E-state index in [0.717, 1.165) is 0 Å². The van der Waals surface area contributed by atoms with E-state index in [0.29, 0.717) is 59.5 Å². The molecule has 1 saturated heterocycles. The first-order valence-electron chi connectivity index (χ1n) is 10.4. The zero-order chi connectivity index (χ0) is 24.8. The molecular weight excluding hydrogens is 452 g/mol. The summed E-state index contributed by atoms with van der Waals surface area (Å²) in [5, 5.41) is 0. The number of aldehydes is 1. The van der Waals surface area contributed by atoms with Gasteiger partial charge in [-0.25, -0.2) is 19.7 Å². The van der Waals surface area contributed by atoms with Crippen LogP contribution in [0.4, 0.5) is 11.4 Å². The molecule has 2 aromatic carbocycles. The number of carbonyl (C=O) groups is 1. The molecule has 35 heavy (non-hydrogen) atoms. The van der Waals surface area contributed by atoms with E-state index >= 15 is 0 Å². The maximum absolute atomic E-state index is 11.9. The van der Waals surface area contributed by atoms with Crippen LogP contribution >= 0.6 is 0 Å². The molecule has 11 nitrogen and oxygen atoms in total. The number of fused-ring (bicyclic) bond motifs is 2. The highest BCUT2D eigenvalue weighted by Crippen LogP contribution is 2.20. The smallest absolute Gasteiger partial charge is 0.269 e. The lowest BCUT2D eigenvalue weighted by atomic mass is 10.2. The van der Waals surface area contributed by atoms with Crippen molar-refractivity contribution in [3.63, 3.8) is 0 Å². The second-order valence-electron chi connectivity index (χ2n) is 7.32. The lowest BCUT2D eigenvalue weighted by Crippen LogP contribution is -2.27. The van der Waals surface area contributed by atoms with Crippen molar-refractivity contribution in [2.24, 2.45) is 0 Å². The Morgan fingerprint density at radius 2 is 1.40 bits per heavy atom. The Balaban J connectivity index is 0.000000168. The number of ether oxygens (including phenoxy) is 2. The van der Waals surface area contributed by atoms with Gasteiger partial charge in [0, 0.05) is 0 Å². The first kappa shape index (κ1) is 23.4. The number of hydrogen-bond donors (Lipinski definition) is 0. The molecule has 3 heterocycles. The van der Waals surface area contributed by atoms with Crippen LogP contribution in [-0.4, -0.2) is 44.9 Å². The summed E-state index contributed by atoms with van der Waals surface area (Å²) in [5.74, 6) is 0. The highest BCUT2D eigenvalue weighted by molar-refractivity contribution is 5.80. The predicted octanol–water partition coefficient (Wildman–Crippen LogP) is 2.47. The van der Waals surface area contributed by atoms with Gasteiger partial charge < -0.3 is 18.8 Å². The zero-order valence-corrected chi connectivity index (χ0v) is 18.3. The van der Waals surface area contributed by atoms with E-state index in [1.807, 2.05) is 0 Å². The number of aromatic nitrogens is 4. The third-order valence-electron chi connectivity index (χ3n) is 5.20. The third-order valence-corrected chi connectivity index (χ3v) is 5.20. The summed E-state index contributed by atoms with van der Waals surface area (Å²) in [5.41, 5.74) is 2.71. The zero-order valence-electron chi connectivity index (χ0n) is 18.3. The number of nitrogens with zero attached hydrogens (tertiary/aromatic N) is 6. The van der Waals surface area contributed by atoms with Crippen molar-refractivity contribution in [2.75, 3.05) is 13.2 Å². The van der Waals surface area contributed by atoms with Gasteiger partial charge in [0.25, 0.3) is 11.1 Å². The lowest BCUT2D eigenvalue weighted by molar-refractivity contribution is -0.108. The van der Waals surface area contributed by atoms with Crippen LogP contribution in [0.15, 0.2) is 58.4 Å². The maximum Gasteiger partial charge on any atom is 0.269 e. The van der Waals surface area contributed by atoms with Crippen LogP contribution in [0.3, 0.4) is 0 Å². The van der Waals surface area contributed by atoms with Crippen LogP contribution in [-0.2, 0) is 27.4 Å². The molecule has 1 aliphatic heterocycles. The molecule has 0 aliphatic carbocycles. The molecule has 0 bridgehead atoms. The summed E-state index contributed by atoms with van der Waals surface area (Å²) < 4.78 is 13.5. The van der Waals surface area contributed by atoms with Crippen LogP contribution in [0.5, 0.6) is 0 Å². The Labute approximate surface area is 198 Å². The molecule has 11 heteroatoms. The summed E-state index contributed by atoms with van der Waals surface area (Å²) in [6.07, 6.45) is 2.67. The Bertz CT molecular complexity index is 1610. The Morgan fingerprint density at radius 3 is 1.91 bits per heavy atom. The highest BCUT2D eigenvalue weighted by atomic mass is 16.7. The van der Waals surface area contributed by atoms with Crippen molar-refractivity contribution in [1.82, 2.24) is 19.1 Å². The summed E-state index contributed by atoms with van der Waals surface area (Å²) in [7, 11) is 0. The van der Waals surface area contributed by atoms with E-state index in [1.165, 1.54) is 21.5 Å². The van der Waals surface area contributed by atoms with Crippen molar-refractivity contribution in [2.45, 2.75) is 19.4 Å². The van der Waals surface area contributed by atoms with Gasteiger partial charge >= 0.3 is 0 Å². The molecule has 0 saturated carbocycles. The Morgan fingerprint density at radius 1 is 0.886 bits per heavy atom. The van der Waals surface area contributed by atoms with Gasteiger partial charge in [0.05, 0.1) is 73.9 Å². The lowest BCUT2D eigenvalue weighted by Gasteiger charge is -2.13. The normalized spacial score (nSPS) is 13.1. The minimum Gasteiger partial charge on any atom is -0.348 e. The molecule has 0 radical (unpaired) electrons. The van der Waals surface area contributed by atoms with Gasteiger partial charge in [-0.05, 0) is 24.3 Å². The van der Waals surface area contributed by atoms with Crippen LogP contribution in [0.25, 0.3) is 31.8 Å². The van der Waals surface area contributed by atoms with Crippen molar-refractivity contribution in [3.05, 3.63) is 92.3 Å². The molecule has 0 spiro atoms. The van der Waals surface area contributed by atoms with Gasteiger partial charge in [-0.15, -0.1) is 0 Å². The average molecular weight is 470 g/mol. The van der Waals surface area contributed by atoms with Crippen LogP contribution < -0.4 is 11.1 Å². The average Bonchev–Trinajstić information content (AvgIpc) is 3.40. The van der Waals surface area contributed by atoms with Gasteiger partial charge in [0.1, 0.15) is 6.29 Å². The van der Waals surface area contributed by atoms with E-state index in [2.05, 4.69) is 19.7 Å². The molecule has 0 atom stereocenters. The Hall–Kier alpha value is -4.71. The molecular formula is C24H18N6O5. The fraction of sp³-hybridized carbons (Fsp3) is 0.208. The van der Waals surface area contributed by atoms with E-state index < -0.39 is 6.29 Å². The third kappa shape index (κ3) is 5.12. The fourth-order valence-corrected chi connectivity index (χ4v) is 3.55. The highest BCUT2D eigenvalue weighted by Gasteiger charge is 2.18. The number of carbonyl (C=O) groups excluding carboxylic acids is 1. The molecule has 174 valence electrons. The number of rotatable bonds is 4. The summed E-state index contributed by atoms with van der Waals surface area (Å²) in [6.45, 7) is 15.3. The largest absolute Gasteiger partial charge is 0.348 e. The van der Waals surface area contributed by atoms with Crippen molar-refractivity contribution < 1.29 is 14.3 Å². The Kier molecular flexibility index (Phi) is 7.02. The predicted molar refractivity (Wildman–Crippen MR) is 126 cm³/mol. The van der Waals surface area contributed by atoms with Crippen molar-refractivity contribution in [1.29, 1.82) is 0 Å². The van der Waals surface area contributed by atoms with Gasteiger partial charge in [-0.1, -0.05) is 12.1 Å². The molecule has 2 aromatic heterocycles. The summed E-state index contributed by atoms with van der Waals surface area (Å²) >= 11 is 0. The summed E-state index contributed by atoms with van der Waals surface area (Å²) in [4.78, 5) is 48.6. The van der Waals surface area contributed by atoms with Gasteiger partial charge in [-0.3, -0.25) is 14.2 Å². The quantitative estimate of drug-likeness (QED) is 0.332. The van der Waals surface area contributed by atoms with Crippen molar-refractivity contribution in [3.8, 4) is 0 Å².